The zero-order chi connectivity index (χ0) is 12.0. The average Bonchev–Trinajstić information content (AvgIpc) is 2.44. The van der Waals surface area contributed by atoms with Crippen molar-refractivity contribution in [1.82, 2.24) is 5.32 Å². The number of amides is 1. The Balaban J connectivity index is 2.42. The number of aliphatic hydroxyl groups is 1. The normalized spacial score (nSPS) is 27.2. The van der Waals surface area contributed by atoms with Crippen molar-refractivity contribution in [3.63, 3.8) is 0 Å². The maximum atomic E-state index is 11.4. The number of carbonyl (C=O) groups is 1. The third-order valence-corrected chi connectivity index (χ3v) is 2.80. The highest BCUT2D eigenvalue weighted by atomic mass is 16.4. The van der Waals surface area contributed by atoms with Crippen LogP contribution in [-0.4, -0.2) is 34.2 Å². The number of nitrogens with zero attached hydrogens (tertiary/aromatic N) is 1. The van der Waals surface area contributed by atoms with Crippen LogP contribution in [0.25, 0.3) is 0 Å². The molecule has 0 aromatic carbocycles. The Labute approximate surface area is 94.5 Å². The van der Waals surface area contributed by atoms with E-state index in [9.17, 15) is 9.90 Å². The summed E-state index contributed by atoms with van der Waals surface area (Å²) in [5.41, 5.74) is 5.22. The average molecular weight is 229 g/mol. The van der Waals surface area contributed by atoms with E-state index in [-0.39, 0.29) is 24.2 Å². The monoisotopic (exact) mass is 229 g/mol. The predicted molar refractivity (Wildman–Crippen MR) is 59.0 cm³/mol. The molecule has 0 bridgehead atoms. The second kappa shape index (κ2) is 6.32. The highest BCUT2D eigenvalue weighted by Gasteiger charge is 2.23. The van der Waals surface area contributed by atoms with Crippen LogP contribution in [0.15, 0.2) is 5.16 Å². The number of hydrogen-bond acceptors (Lipinski definition) is 4. The molecular formula is C10H19N3O3. The molecule has 0 heterocycles. The maximum absolute atomic E-state index is 11.4. The molecule has 0 saturated heterocycles. The first-order valence-electron chi connectivity index (χ1n) is 5.57. The van der Waals surface area contributed by atoms with E-state index in [1.54, 1.807) is 0 Å². The molecule has 0 spiro atoms. The Morgan fingerprint density at radius 1 is 1.38 bits per heavy atom. The number of nitrogens with one attached hydrogen (secondary N) is 1. The zero-order valence-corrected chi connectivity index (χ0v) is 9.22. The van der Waals surface area contributed by atoms with E-state index in [2.05, 4.69) is 10.5 Å². The topological polar surface area (TPSA) is 108 Å². The highest BCUT2D eigenvalue weighted by molar-refractivity contribution is 5.98. The van der Waals surface area contributed by atoms with Gasteiger partial charge in [0, 0.05) is 0 Å². The van der Waals surface area contributed by atoms with Crippen molar-refractivity contribution in [3.05, 3.63) is 0 Å². The molecule has 1 fully saturated rings. The molecule has 1 saturated carbocycles. The van der Waals surface area contributed by atoms with Crippen molar-refractivity contribution in [2.75, 3.05) is 0 Å². The lowest BCUT2D eigenvalue weighted by Crippen LogP contribution is -2.43. The number of amidine groups is 1. The van der Waals surface area contributed by atoms with Gasteiger partial charge in [-0.15, -0.1) is 0 Å². The third-order valence-electron chi connectivity index (χ3n) is 2.80. The molecule has 6 heteroatoms. The maximum Gasteiger partial charge on any atom is 0.228 e. The lowest BCUT2D eigenvalue weighted by molar-refractivity contribution is -0.121. The lowest BCUT2D eigenvalue weighted by atomic mass is 10.1. The van der Waals surface area contributed by atoms with E-state index in [1.165, 1.54) is 0 Å². The van der Waals surface area contributed by atoms with Gasteiger partial charge in [0.1, 0.15) is 5.84 Å². The molecular weight excluding hydrogens is 210 g/mol. The standard InChI is InChI=1S/C10H19N3O3/c11-9(13-16)6-10(15)12-7-4-2-1-3-5-8(7)14/h7-8,14,16H,1-6H2,(H2,11,13)(H,12,15). The molecule has 0 aliphatic heterocycles. The molecule has 6 nitrogen and oxygen atoms in total. The van der Waals surface area contributed by atoms with E-state index in [1.807, 2.05) is 0 Å². The summed E-state index contributed by atoms with van der Waals surface area (Å²) in [4.78, 5) is 11.4. The quantitative estimate of drug-likeness (QED) is 0.179. The van der Waals surface area contributed by atoms with Crippen LogP contribution in [0.1, 0.15) is 38.5 Å². The first-order chi connectivity index (χ1) is 7.63. The number of rotatable bonds is 3. The van der Waals surface area contributed by atoms with Crippen molar-refractivity contribution < 1.29 is 15.1 Å². The molecule has 16 heavy (non-hydrogen) atoms. The molecule has 5 N–H and O–H groups in total. The summed E-state index contributed by atoms with van der Waals surface area (Å²) in [7, 11) is 0. The van der Waals surface area contributed by atoms with Crippen LogP contribution >= 0.6 is 0 Å². The van der Waals surface area contributed by atoms with Crippen molar-refractivity contribution in [2.24, 2.45) is 10.9 Å². The van der Waals surface area contributed by atoms with Crippen LogP contribution in [0.3, 0.4) is 0 Å². The van der Waals surface area contributed by atoms with Crippen molar-refractivity contribution in [3.8, 4) is 0 Å². The number of carbonyl (C=O) groups excluding carboxylic acids is 1. The van der Waals surface area contributed by atoms with Gasteiger partial charge in [0.15, 0.2) is 0 Å². The SMILES string of the molecule is NC(CC(=O)NC1CCCCCC1O)=NO. The summed E-state index contributed by atoms with van der Waals surface area (Å²) < 4.78 is 0. The molecule has 92 valence electrons. The van der Waals surface area contributed by atoms with Gasteiger partial charge in [-0.05, 0) is 12.8 Å². The first-order valence-corrected chi connectivity index (χ1v) is 5.57. The van der Waals surface area contributed by atoms with Gasteiger partial charge in [0.25, 0.3) is 0 Å². The van der Waals surface area contributed by atoms with Crippen LogP contribution in [0, 0.1) is 0 Å². The zero-order valence-electron chi connectivity index (χ0n) is 9.22. The minimum absolute atomic E-state index is 0.124. The largest absolute Gasteiger partial charge is 0.409 e. The number of oxime groups is 1. The van der Waals surface area contributed by atoms with Gasteiger partial charge in [-0.2, -0.15) is 0 Å². The first kappa shape index (κ1) is 12.8. The number of aliphatic hydroxyl groups excluding tert-OH is 1. The summed E-state index contributed by atoms with van der Waals surface area (Å²) in [6, 6.07) is -0.207. The number of hydrogen-bond donors (Lipinski definition) is 4. The van der Waals surface area contributed by atoms with Crippen molar-refractivity contribution in [1.29, 1.82) is 0 Å². The summed E-state index contributed by atoms with van der Waals surface area (Å²) >= 11 is 0. The molecule has 0 radical (unpaired) electrons. The Hall–Kier alpha value is -1.30. The molecule has 1 aliphatic carbocycles. The Morgan fingerprint density at radius 2 is 2.06 bits per heavy atom. The van der Waals surface area contributed by atoms with Gasteiger partial charge in [-0.25, -0.2) is 0 Å². The summed E-state index contributed by atoms with van der Waals surface area (Å²) in [5.74, 6) is -0.443. The molecule has 0 aromatic rings. The van der Waals surface area contributed by atoms with Crippen LogP contribution < -0.4 is 11.1 Å². The lowest BCUT2D eigenvalue weighted by Gasteiger charge is -2.21. The predicted octanol–water partition coefficient (Wildman–Crippen LogP) is -0.0673. The van der Waals surface area contributed by atoms with E-state index >= 15 is 0 Å². The Kier molecular flexibility index (Phi) is 5.04. The molecule has 0 aromatic heterocycles. The Bertz CT molecular complexity index is 268. The fourth-order valence-corrected chi connectivity index (χ4v) is 1.91. The number of nitrogens with two attached hydrogens (primary N) is 1. The minimum Gasteiger partial charge on any atom is -0.409 e. The summed E-state index contributed by atoms with van der Waals surface area (Å²) in [6.45, 7) is 0. The minimum atomic E-state index is -0.487. The van der Waals surface area contributed by atoms with E-state index in [0.717, 1.165) is 25.7 Å². The van der Waals surface area contributed by atoms with Gasteiger partial charge in [0.05, 0.1) is 18.6 Å². The fraction of sp³-hybridized carbons (Fsp3) is 0.800. The second-order valence-corrected chi connectivity index (χ2v) is 4.15. The van der Waals surface area contributed by atoms with Crippen molar-refractivity contribution >= 4 is 11.7 Å². The van der Waals surface area contributed by atoms with Crippen LogP contribution in [0.4, 0.5) is 0 Å². The molecule has 2 unspecified atom stereocenters. The molecule has 1 aliphatic rings. The van der Waals surface area contributed by atoms with Gasteiger partial charge in [-0.3, -0.25) is 4.79 Å². The van der Waals surface area contributed by atoms with Crippen LogP contribution in [0.2, 0.25) is 0 Å². The summed E-state index contributed by atoms with van der Waals surface area (Å²) in [5, 5.41) is 23.5. The van der Waals surface area contributed by atoms with Crippen LogP contribution in [0.5, 0.6) is 0 Å². The second-order valence-electron chi connectivity index (χ2n) is 4.15. The smallest absolute Gasteiger partial charge is 0.228 e. The van der Waals surface area contributed by atoms with Gasteiger partial charge in [-0.1, -0.05) is 24.4 Å². The fourth-order valence-electron chi connectivity index (χ4n) is 1.91. The summed E-state index contributed by atoms with van der Waals surface area (Å²) in [6.07, 6.45) is 3.96. The van der Waals surface area contributed by atoms with E-state index in [0.29, 0.717) is 6.42 Å². The van der Waals surface area contributed by atoms with E-state index in [4.69, 9.17) is 10.9 Å². The van der Waals surface area contributed by atoms with E-state index < -0.39 is 6.10 Å². The van der Waals surface area contributed by atoms with Gasteiger partial charge in [0.2, 0.25) is 5.91 Å². The van der Waals surface area contributed by atoms with Gasteiger partial charge >= 0.3 is 0 Å². The van der Waals surface area contributed by atoms with Gasteiger partial charge < -0.3 is 21.4 Å². The molecule has 1 amide bonds. The van der Waals surface area contributed by atoms with Crippen LogP contribution in [-0.2, 0) is 4.79 Å². The van der Waals surface area contributed by atoms with Crippen molar-refractivity contribution in [2.45, 2.75) is 50.7 Å². The highest BCUT2D eigenvalue weighted by Crippen LogP contribution is 2.17. The molecule has 2 atom stereocenters. The molecule has 1 rings (SSSR count). The third kappa shape index (κ3) is 4.06. The Morgan fingerprint density at radius 3 is 2.75 bits per heavy atom.